The number of hydrogen-bond acceptors (Lipinski definition) is 3. The molecule has 0 fully saturated rings. The molecule has 4 heteroatoms. The van der Waals surface area contributed by atoms with E-state index in [1.54, 1.807) is 18.3 Å². The molecule has 2 heterocycles. The number of imidazole rings is 1. The van der Waals surface area contributed by atoms with Crippen LogP contribution in [0.1, 0.15) is 22.3 Å². The van der Waals surface area contributed by atoms with E-state index in [0.29, 0.717) is 17.0 Å². The Hall–Kier alpha value is -4.49. The van der Waals surface area contributed by atoms with E-state index in [4.69, 9.17) is 4.98 Å². The first-order valence-electron chi connectivity index (χ1n) is 10.4. The van der Waals surface area contributed by atoms with Crippen molar-refractivity contribution in [3.63, 3.8) is 0 Å². The van der Waals surface area contributed by atoms with Crippen molar-refractivity contribution in [1.29, 1.82) is 5.26 Å². The van der Waals surface area contributed by atoms with Crippen LogP contribution < -0.4 is 0 Å². The maximum Gasteiger partial charge on any atom is 0.121 e. The van der Waals surface area contributed by atoms with Gasteiger partial charge in [0.25, 0.3) is 0 Å². The third-order valence-electron chi connectivity index (χ3n) is 5.70. The molecule has 0 unspecified atom stereocenters. The van der Waals surface area contributed by atoms with Crippen molar-refractivity contribution in [1.82, 2.24) is 14.5 Å². The van der Waals surface area contributed by atoms with Gasteiger partial charge in [0, 0.05) is 12.4 Å². The molecule has 5 rings (SSSR count). The van der Waals surface area contributed by atoms with Gasteiger partial charge in [-0.1, -0.05) is 91.0 Å². The van der Waals surface area contributed by atoms with Crippen molar-refractivity contribution in [2.75, 3.05) is 0 Å². The summed E-state index contributed by atoms with van der Waals surface area (Å²) in [5.41, 5.74) is 4.70. The highest BCUT2D eigenvalue weighted by atomic mass is 15.1. The predicted molar refractivity (Wildman–Crippen MR) is 125 cm³/mol. The lowest BCUT2D eigenvalue weighted by molar-refractivity contribution is 0.515. The van der Waals surface area contributed by atoms with Crippen LogP contribution >= 0.6 is 0 Å². The first kappa shape index (κ1) is 19.5. The monoisotopic (exact) mass is 412 g/mol. The van der Waals surface area contributed by atoms with Crippen LogP contribution in [-0.4, -0.2) is 14.5 Å². The van der Waals surface area contributed by atoms with Crippen LogP contribution in [0.3, 0.4) is 0 Å². The number of aromatic nitrogens is 3. The van der Waals surface area contributed by atoms with Crippen LogP contribution in [0, 0.1) is 11.3 Å². The van der Waals surface area contributed by atoms with Gasteiger partial charge in [0.1, 0.15) is 11.2 Å². The summed E-state index contributed by atoms with van der Waals surface area (Å²) in [6, 6.07) is 37.0. The van der Waals surface area contributed by atoms with E-state index in [2.05, 4.69) is 88.4 Å². The Labute approximate surface area is 187 Å². The molecule has 2 aromatic heterocycles. The molecule has 152 valence electrons. The van der Waals surface area contributed by atoms with Crippen LogP contribution in [-0.2, 0) is 5.54 Å². The number of pyridine rings is 1. The molecule has 0 radical (unpaired) electrons. The van der Waals surface area contributed by atoms with Crippen molar-refractivity contribution in [3.05, 3.63) is 144 Å². The van der Waals surface area contributed by atoms with Gasteiger partial charge in [-0.05, 0) is 28.8 Å². The molecule has 0 aliphatic heterocycles. The Kier molecular flexibility index (Phi) is 5.07. The molecular weight excluding hydrogens is 392 g/mol. The topological polar surface area (TPSA) is 54.5 Å². The third-order valence-corrected chi connectivity index (χ3v) is 5.70. The van der Waals surface area contributed by atoms with Crippen LogP contribution in [0.4, 0.5) is 0 Å². The second-order valence-corrected chi connectivity index (χ2v) is 7.52. The van der Waals surface area contributed by atoms with Crippen molar-refractivity contribution in [3.8, 4) is 17.5 Å². The molecule has 3 aromatic carbocycles. The number of rotatable bonds is 5. The molecule has 0 atom stereocenters. The molecule has 0 saturated heterocycles. The standard InChI is InChI=1S/C28H20N4/c29-19-22-16-17-30-26(18-22)27-20-32(21-31-27)28(23-10-4-1-5-11-23,24-12-6-2-7-13-24)25-14-8-3-9-15-25/h1-18,20-21H. The fourth-order valence-corrected chi connectivity index (χ4v) is 4.26. The molecule has 5 aromatic rings. The molecule has 0 bridgehead atoms. The Balaban J connectivity index is 1.80. The number of nitrogens with zero attached hydrogens (tertiary/aromatic N) is 4. The van der Waals surface area contributed by atoms with Crippen LogP contribution in [0.5, 0.6) is 0 Å². The van der Waals surface area contributed by atoms with Crippen LogP contribution in [0.15, 0.2) is 122 Å². The highest BCUT2D eigenvalue weighted by Gasteiger charge is 2.38. The first-order valence-corrected chi connectivity index (χ1v) is 10.4. The van der Waals surface area contributed by atoms with Gasteiger partial charge in [-0.2, -0.15) is 5.26 Å². The highest BCUT2D eigenvalue weighted by Crippen LogP contribution is 2.41. The van der Waals surface area contributed by atoms with Gasteiger partial charge in [0.15, 0.2) is 0 Å². The average molecular weight is 412 g/mol. The van der Waals surface area contributed by atoms with E-state index in [1.165, 1.54) is 0 Å². The van der Waals surface area contributed by atoms with Gasteiger partial charge in [0.2, 0.25) is 0 Å². The molecule has 0 spiro atoms. The highest BCUT2D eigenvalue weighted by molar-refractivity contribution is 5.57. The summed E-state index contributed by atoms with van der Waals surface area (Å²) in [5, 5.41) is 9.29. The van der Waals surface area contributed by atoms with Crippen molar-refractivity contribution in [2.24, 2.45) is 0 Å². The lowest BCUT2D eigenvalue weighted by atomic mass is 9.77. The summed E-state index contributed by atoms with van der Waals surface area (Å²) in [6.45, 7) is 0. The SMILES string of the molecule is N#Cc1ccnc(-c2cn(C(c3ccccc3)(c3ccccc3)c3ccccc3)cn2)c1. The molecule has 0 N–H and O–H groups in total. The molecular formula is C28H20N4. The largest absolute Gasteiger partial charge is 0.318 e. The van der Waals surface area contributed by atoms with E-state index >= 15 is 0 Å². The smallest absolute Gasteiger partial charge is 0.121 e. The predicted octanol–water partition coefficient (Wildman–Crippen LogP) is 5.66. The zero-order chi connectivity index (χ0) is 21.8. The van der Waals surface area contributed by atoms with Gasteiger partial charge in [0.05, 0.1) is 23.7 Å². The molecule has 0 aliphatic carbocycles. The number of hydrogen-bond donors (Lipinski definition) is 0. The lowest BCUT2D eigenvalue weighted by Gasteiger charge is -2.37. The second kappa shape index (κ2) is 8.33. The summed E-state index contributed by atoms with van der Waals surface area (Å²) in [6.07, 6.45) is 5.51. The van der Waals surface area contributed by atoms with E-state index in [-0.39, 0.29) is 0 Å². The van der Waals surface area contributed by atoms with E-state index in [0.717, 1.165) is 16.7 Å². The van der Waals surface area contributed by atoms with Crippen molar-refractivity contribution >= 4 is 0 Å². The average Bonchev–Trinajstić information content (AvgIpc) is 3.37. The molecule has 0 aliphatic rings. The van der Waals surface area contributed by atoms with Crippen LogP contribution in [0.2, 0.25) is 0 Å². The maximum absolute atomic E-state index is 9.29. The minimum absolute atomic E-state index is 0.560. The minimum atomic E-state index is -0.623. The van der Waals surface area contributed by atoms with Gasteiger partial charge in [-0.3, -0.25) is 4.98 Å². The minimum Gasteiger partial charge on any atom is -0.318 e. The van der Waals surface area contributed by atoms with Gasteiger partial charge < -0.3 is 4.57 Å². The quantitative estimate of drug-likeness (QED) is 0.350. The fraction of sp³-hybridized carbons (Fsp3) is 0.0357. The molecule has 4 nitrogen and oxygen atoms in total. The van der Waals surface area contributed by atoms with E-state index < -0.39 is 5.54 Å². The molecule has 0 saturated carbocycles. The maximum atomic E-state index is 9.29. The van der Waals surface area contributed by atoms with Crippen molar-refractivity contribution in [2.45, 2.75) is 5.54 Å². The van der Waals surface area contributed by atoms with Crippen LogP contribution in [0.25, 0.3) is 11.4 Å². The summed E-state index contributed by atoms with van der Waals surface area (Å²) in [7, 11) is 0. The summed E-state index contributed by atoms with van der Waals surface area (Å²) in [4.78, 5) is 9.14. The molecule has 0 amide bonds. The summed E-state index contributed by atoms with van der Waals surface area (Å²) < 4.78 is 2.14. The Morgan fingerprint density at radius 1 is 0.656 bits per heavy atom. The fourth-order valence-electron chi connectivity index (χ4n) is 4.26. The Morgan fingerprint density at radius 2 is 1.19 bits per heavy atom. The van der Waals surface area contributed by atoms with E-state index in [1.807, 2.05) is 30.7 Å². The summed E-state index contributed by atoms with van der Waals surface area (Å²) in [5.74, 6) is 0. The number of nitriles is 1. The second-order valence-electron chi connectivity index (χ2n) is 7.52. The normalized spacial score (nSPS) is 11.1. The summed E-state index contributed by atoms with van der Waals surface area (Å²) >= 11 is 0. The lowest BCUT2D eigenvalue weighted by Crippen LogP contribution is -2.36. The van der Waals surface area contributed by atoms with Crippen molar-refractivity contribution < 1.29 is 0 Å². The van der Waals surface area contributed by atoms with Gasteiger partial charge in [-0.25, -0.2) is 4.98 Å². The zero-order valence-corrected chi connectivity index (χ0v) is 17.3. The Bertz CT molecular complexity index is 1270. The van der Waals surface area contributed by atoms with Gasteiger partial charge in [-0.15, -0.1) is 0 Å². The van der Waals surface area contributed by atoms with E-state index in [9.17, 15) is 5.26 Å². The Morgan fingerprint density at radius 3 is 1.69 bits per heavy atom. The van der Waals surface area contributed by atoms with Gasteiger partial charge >= 0.3 is 0 Å². The zero-order valence-electron chi connectivity index (χ0n) is 17.3. The molecule has 32 heavy (non-hydrogen) atoms. The number of benzene rings is 3. The first-order chi connectivity index (χ1) is 15.8. The third kappa shape index (κ3) is 3.27.